The molecule has 0 saturated heterocycles. The van der Waals surface area contributed by atoms with Gasteiger partial charge in [0, 0.05) is 12.1 Å². The van der Waals surface area contributed by atoms with Gasteiger partial charge < -0.3 is 11.1 Å². The zero-order chi connectivity index (χ0) is 13.1. The number of benzene rings is 1. The van der Waals surface area contributed by atoms with E-state index in [-0.39, 0.29) is 23.5 Å². The predicted octanol–water partition coefficient (Wildman–Crippen LogP) is 1.20. The number of hydrogen-bond acceptors (Lipinski definition) is 3. The first-order valence-corrected chi connectivity index (χ1v) is 5.09. The van der Waals surface area contributed by atoms with Gasteiger partial charge in [-0.05, 0) is 18.2 Å². The Morgan fingerprint density at radius 2 is 2.22 bits per heavy atom. The molecule has 2 aromatic rings. The Bertz CT molecular complexity index is 582. The fourth-order valence-electron chi connectivity index (χ4n) is 1.43. The average Bonchev–Trinajstić information content (AvgIpc) is 2.76. The maximum Gasteiger partial charge on any atom is 0.256 e. The van der Waals surface area contributed by atoms with Crippen molar-refractivity contribution in [2.45, 2.75) is 6.54 Å². The number of amides is 1. The number of carbonyl (C=O) groups excluding carboxylic acids is 1. The summed E-state index contributed by atoms with van der Waals surface area (Å²) in [4.78, 5) is 11.6. The number of anilines is 1. The predicted molar refractivity (Wildman–Crippen MR) is 60.5 cm³/mol. The average molecular weight is 252 g/mol. The van der Waals surface area contributed by atoms with Gasteiger partial charge in [0.1, 0.15) is 23.0 Å². The number of aromatic amines is 1. The lowest BCUT2D eigenvalue weighted by Gasteiger charge is -2.05. The Morgan fingerprint density at radius 3 is 2.89 bits per heavy atom. The molecule has 0 atom stereocenters. The third-order valence-electron chi connectivity index (χ3n) is 2.36. The molecule has 7 heteroatoms. The number of nitrogens with two attached hydrogens (primary N) is 1. The van der Waals surface area contributed by atoms with Crippen LogP contribution in [0.15, 0.2) is 24.4 Å². The van der Waals surface area contributed by atoms with Gasteiger partial charge in [-0.25, -0.2) is 8.78 Å². The highest BCUT2D eigenvalue weighted by atomic mass is 19.1. The molecule has 94 valence electrons. The van der Waals surface area contributed by atoms with E-state index >= 15 is 0 Å². The number of aromatic nitrogens is 2. The SMILES string of the molecule is Nc1[nH]ncc1C(=O)NCc1cc(F)ccc1F. The first-order chi connectivity index (χ1) is 8.58. The van der Waals surface area contributed by atoms with E-state index in [0.717, 1.165) is 18.2 Å². The molecule has 0 unspecified atom stereocenters. The van der Waals surface area contributed by atoms with Crippen molar-refractivity contribution < 1.29 is 13.6 Å². The zero-order valence-electron chi connectivity index (χ0n) is 9.21. The van der Waals surface area contributed by atoms with Crippen molar-refractivity contribution in [3.8, 4) is 0 Å². The van der Waals surface area contributed by atoms with E-state index in [4.69, 9.17) is 5.73 Å². The van der Waals surface area contributed by atoms with E-state index in [9.17, 15) is 13.6 Å². The second-order valence-electron chi connectivity index (χ2n) is 3.62. The Morgan fingerprint density at radius 1 is 1.44 bits per heavy atom. The molecule has 0 radical (unpaired) electrons. The smallest absolute Gasteiger partial charge is 0.256 e. The van der Waals surface area contributed by atoms with E-state index in [1.54, 1.807) is 0 Å². The van der Waals surface area contributed by atoms with Crippen LogP contribution in [0.4, 0.5) is 14.6 Å². The van der Waals surface area contributed by atoms with Crippen LogP contribution >= 0.6 is 0 Å². The van der Waals surface area contributed by atoms with Crippen LogP contribution in [0.25, 0.3) is 0 Å². The quantitative estimate of drug-likeness (QED) is 0.767. The lowest BCUT2D eigenvalue weighted by Crippen LogP contribution is -2.23. The maximum atomic E-state index is 13.3. The molecule has 1 amide bonds. The molecule has 18 heavy (non-hydrogen) atoms. The number of rotatable bonds is 3. The summed E-state index contributed by atoms with van der Waals surface area (Å²) in [6, 6.07) is 3.03. The van der Waals surface area contributed by atoms with Gasteiger partial charge in [0.15, 0.2) is 0 Å². The van der Waals surface area contributed by atoms with Gasteiger partial charge in [0.2, 0.25) is 0 Å². The summed E-state index contributed by atoms with van der Waals surface area (Å²) >= 11 is 0. The van der Waals surface area contributed by atoms with Crippen LogP contribution < -0.4 is 11.1 Å². The van der Waals surface area contributed by atoms with Crippen molar-refractivity contribution >= 4 is 11.7 Å². The van der Waals surface area contributed by atoms with Crippen molar-refractivity contribution in [2.75, 3.05) is 5.73 Å². The highest BCUT2D eigenvalue weighted by Gasteiger charge is 2.12. The largest absolute Gasteiger partial charge is 0.383 e. The molecule has 0 bridgehead atoms. The van der Waals surface area contributed by atoms with Crippen LogP contribution in [0.1, 0.15) is 15.9 Å². The lowest BCUT2D eigenvalue weighted by atomic mass is 10.2. The molecular formula is C11H10F2N4O. The highest BCUT2D eigenvalue weighted by molar-refractivity contribution is 5.97. The summed E-state index contributed by atoms with van der Waals surface area (Å²) < 4.78 is 26.2. The summed E-state index contributed by atoms with van der Waals surface area (Å²) in [5.74, 6) is -1.54. The van der Waals surface area contributed by atoms with Gasteiger partial charge >= 0.3 is 0 Å². The molecule has 1 heterocycles. The standard InChI is InChI=1S/C11H10F2N4O/c12-7-1-2-9(13)6(3-7)4-15-11(18)8-5-16-17-10(8)14/h1-3,5H,4H2,(H,15,18)(H3,14,16,17). The van der Waals surface area contributed by atoms with Crippen molar-refractivity contribution in [3.05, 3.63) is 47.2 Å². The molecule has 5 nitrogen and oxygen atoms in total. The fourth-order valence-corrected chi connectivity index (χ4v) is 1.43. The van der Waals surface area contributed by atoms with E-state index in [0.29, 0.717) is 0 Å². The molecule has 0 saturated carbocycles. The summed E-state index contributed by atoms with van der Waals surface area (Å²) in [6.45, 7) is -0.132. The minimum atomic E-state index is -0.586. The van der Waals surface area contributed by atoms with Gasteiger partial charge in [-0.3, -0.25) is 9.89 Å². The third-order valence-corrected chi connectivity index (χ3v) is 2.36. The van der Waals surface area contributed by atoms with Crippen LogP contribution in [0.5, 0.6) is 0 Å². The maximum absolute atomic E-state index is 13.3. The van der Waals surface area contributed by atoms with E-state index < -0.39 is 17.5 Å². The number of H-pyrrole nitrogens is 1. The molecule has 0 spiro atoms. The highest BCUT2D eigenvalue weighted by Crippen LogP contribution is 2.10. The van der Waals surface area contributed by atoms with Gasteiger partial charge in [-0.2, -0.15) is 5.10 Å². The van der Waals surface area contributed by atoms with Crippen molar-refractivity contribution in [2.24, 2.45) is 0 Å². The number of nitrogens with zero attached hydrogens (tertiary/aromatic N) is 1. The van der Waals surface area contributed by atoms with Crippen molar-refractivity contribution in [1.29, 1.82) is 0 Å². The molecule has 0 aliphatic heterocycles. The number of halogens is 2. The minimum absolute atomic E-state index is 0.0606. The summed E-state index contributed by atoms with van der Waals surface area (Å²) in [5.41, 5.74) is 5.67. The molecule has 0 aliphatic carbocycles. The summed E-state index contributed by atoms with van der Waals surface area (Å²) in [5, 5.41) is 8.41. The molecule has 4 N–H and O–H groups in total. The van der Waals surface area contributed by atoms with Crippen molar-refractivity contribution in [1.82, 2.24) is 15.5 Å². The van der Waals surface area contributed by atoms with Crippen molar-refractivity contribution in [3.63, 3.8) is 0 Å². The van der Waals surface area contributed by atoms with Crippen LogP contribution in [0, 0.1) is 11.6 Å². The molecule has 1 aromatic carbocycles. The van der Waals surface area contributed by atoms with E-state index in [1.165, 1.54) is 6.20 Å². The molecule has 1 aromatic heterocycles. The van der Waals surface area contributed by atoms with Crippen LogP contribution in [-0.2, 0) is 6.54 Å². The van der Waals surface area contributed by atoms with E-state index in [2.05, 4.69) is 15.5 Å². The van der Waals surface area contributed by atoms with Gasteiger partial charge in [-0.15, -0.1) is 0 Å². The van der Waals surface area contributed by atoms with Crippen LogP contribution in [-0.4, -0.2) is 16.1 Å². The number of nitrogen functional groups attached to an aromatic ring is 1. The van der Waals surface area contributed by atoms with Crippen LogP contribution in [0.3, 0.4) is 0 Å². The van der Waals surface area contributed by atoms with Gasteiger partial charge in [-0.1, -0.05) is 0 Å². The van der Waals surface area contributed by atoms with E-state index in [1.807, 2.05) is 0 Å². The topological polar surface area (TPSA) is 83.8 Å². The summed E-state index contributed by atoms with van der Waals surface area (Å²) in [6.07, 6.45) is 1.26. The molecule has 2 rings (SSSR count). The molecular weight excluding hydrogens is 242 g/mol. The second-order valence-corrected chi connectivity index (χ2v) is 3.62. The summed E-state index contributed by atoms with van der Waals surface area (Å²) in [7, 11) is 0. The molecule has 0 aliphatic rings. The van der Waals surface area contributed by atoms with Gasteiger partial charge in [0.05, 0.1) is 6.20 Å². The fraction of sp³-hybridized carbons (Fsp3) is 0.0909. The first-order valence-electron chi connectivity index (χ1n) is 5.09. The number of hydrogen-bond donors (Lipinski definition) is 3. The monoisotopic (exact) mass is 252 g/mol. The molecule has 0 fully saturated rings. The Labute approximate surface area is 101 Å². The Hall–Kier alpha value is -2.44. The second kappa shape index (κ2) is 4.82. The third kappa shape index (κ3) is 2.45. The number of nitrogens with one attached hydrogen (secondary N) is 2. The minimum Gasteiger partial charge on any atom is -0.383 e. The Kier molecular flexibility index (Phi) is 3.22. The van der Waals surface area contributed by atoms with Crippen LogP contribution in [0.2, 0.25) is 0 Å². The lowest BCUT2D eigenvalue weighted by molar-refractivity contribution is 0.0951. The van der Waals surface area contributed by atoms with Gasteiger partial charge in [0.25, 0.3) is 5.91 Å². The first kappa shape index (κ1) is 12.0. The zero-order valence-corrected chi connectivity index (χ0v) is 9.21. The normalized spacial score (nSPS) is 10.3. The number of carbonyl (C=O) groups is 1. The Balaban J connectivity index is 2.06.